The van der Waals surface area contributed by atoms with Gasteiger partial charge in [-0.25, -0.2) is 14.8 Å². The molecule has 2 saturated heterocycles. The minimum absolute atomic E-state index is 0.00814. The second-order valence-electron chi connectivity index (χ2n) is 12.8. The molecule has 3 amide bonds. The van der Waals surface area contributed by atoms with Crippen LogP contribution in [0.3, 0.4) is 0 Å². The van der Waals surface area contributed by atoms with Crippen molar-refractivity contribution in [3.8, 4) is 22.5 Å². The van der Waals surface area contributed by atoms with Crippen LogP contribution in [0.15, 0.2) is 71.3 Å². The second kappa shape index (κ2) is 13.7. The highest BCUT2D eigenvalue weighted by Gasteiger charge is 2.28. The molecule has 7 rings (SSSR count). The molecule has 0 aliphatic carbocycles. The van der Waals surface area contributed by atoms with Crippen molar-refractivity contribution in [1.29, 1.82) is 0 Å². The molecule has 12 nitrogen and oxygen atoms in total. The minimum Gasteiger partial charge on any atom is -0.378 e. The summed E-state index contributed by atoms with van der Waals surface area (Å²) in [6.07, 6.45) is 0.968. The predicted octanol–water partition coefficient (Wildman–Crippen LogP) is 5.83. The number of ether oxygens (including phenoxy) is 1. The van der Waals surface area contributed by atoms with Crippen LogP contribution in [0.5, 0.6) is 0 Å². The van der Waals surface area contributed by atoms with Crippen LogP contribution in [-0.2, 0) is 4.74 Å². The molecule has 49 heavy (non-hydrogen) atoms. The van der Waals surface area contributed by atoms with Crippen LogP contribution in [0.4, 0.5) is 22.0 Å². The summed E-state index contributed by atoms with van der Waals surface area (Å²) in [7, 11) is 4.08. The van der Waals surface area contributed by atoms with Crippen LogP contribution in [-0.4, -0.2) is 96.4 Å². The SMILES string of the molecule is Cc1noc(C)c1-c1ccc2c(N3CCOCC3)nc(-c3ccc(NC(=O)Nc4ccc(C(=O)N5CC[C@@H](N(C)C)C5)cc4)cc3)nc2c1. The predicted molar refractivity (Wildman–Crippen MR) is 190 cm³/mol. The van der Waals surface area contributed by atoms with E-state index in [4.69, 9.17) is 19.2 Å². The first-order chi connectivity index (χ1) is 23.7. The number of benzene rings is 3. The average molecular weight is 661 g/mol. The highest BCUT2D eigenvalue weighted by atomic mass is 16.5. The summed E-state index contributed by atoms with van der Waals surface area (Å²) in [5, 5.41) is 10.8. The Labute approximate surface area is 285 Å². The lowest BCUT2D eigenvalue weighted by Gasteiger charge is -2.29. The molecule has 2 N–H and O–H groups in total. The van der Waals surface area contributed by atoms with Crippen molar-refractivity contribution in [2.45, 2.75) is 26.3 Å². The molecule has 2 aliphatic heterocycles. The van der Waals surface area contributed by atoms with E-state index in [0.29, 0.717) is 42.0 Å². The Hall–Kier alpha value is -5.33. The largest absolute Gasteiger partial charge is 0.378 e. The number of hydrogen-bond donors (Lipinski definition) is 2. The van der Waals surface area contributed by atoms with Gasteiger partial charge in [0.15, 0.2) is 5.82 Å². The van der Waals surface area contributed by atoms with Crippen LogP contribution in [0.25, 0.3) is 33.4 Å². The number of likely N-dealkylation sites (N-methyl/N-ethyl adjacent to an activating group) is 1. The number of nitrogens with one attached hydrogen (secondary N) is 2. The number of urea groups is 1. The lowest BCUT2D eigenvalue weighted by molar-refractivity contribution is 0.0783. The summed E-state index contributed by atoms with van der Waals surface area (Å²) in [6, 6.07) is 20.6. The third-order valence-electron chi connectivity index (χ3n) is 9.28. The first-order valence-electron chi connectivity index (χ1n) is 16.6. The van der Waals surface area contributed by atoms with E-state index in [9.17, 15) is 9.59 Å². The van der Waals surface area contributed by atoms with Gasteiger partial charge < -0.3 is 34.6 Å². The molecule has 2 aromatic heterocycles. The number of carbonyl (C=O) groups is 2. The molecule has 0 bridgehead atoms. The Morgan fingerprint density at radius 1 is 0.857 bits per heavy atom. The van der Waals surface area contributed by atoms with Crippen LogP contribution in [0.2, 0.25) is 0 Å². The van der Waals surface area contributed by atoms with Crippen molar-refractivity contribution >= 4 is 40.0 Å². The van der Waals surface area contributed by atoms with E-state index in [1.165, 1.54) is 0 Å². The summed E-state index contributed by atoms with van der Waals surface area (Å²) in [5.41, 5.74) is 6.23. The number of aryl methyl sites for hydroxylation is 2. The summed E-state index contributed by atoms with van der Waals surface area (Å²) in [5.74, 6) is 2.21. The molecule has 0 saturated carbocycles. The van der Waals surface area contributed by atoms with Gasteiger partial charge in [-0.1, -0.05) is 11.2 Å². The first kappa shape index (κ1) is 32.2. The fourth-order valence-corrected chi connectivity index (χ4v) is 6.53. The van der Waals surface area contributed by atoms with Crippen molar-refractivity contribution in [2.24, 2.45) is 0 Å². The summed E-state index contributed by atoms with van der Waals surface area (Å²) in [6.45, 7) is 8.07. The zero-order valence-corrected chi connectivity index (χ0v) is 28.2. The van der Waals surface area contributed by atoms with Crippen molar-refractivity contribution in [1.82, 2.24) is 24.9 Å². The number of morpholine rings is 1. The van der Waals surface area contributed by atoms with Crippen molar-refractivity contribution < 1.29 is 18.8 Å². The molecular formula is C37H40N8O4. The number of rotatable bonds is 7. The Morgan fingerprint density at radius 3 is 2.16 bits per heavy atom. The quantitative estimate of drug-likeness (QED) is 0.222. The van der Waals surface area contributed by atoms with E-state index in [2.05, 4.69) is 43.8 Å². The van der Waals surface area contributed by atoms with Gasteiger partial charge in [-0.2, -0.15) is 0 Å². The monoisotopic (exact) mass is 660 g/mol. The van der Waals surface area contributed by atoms with Crippen LogP contribution >= 0.6 is 0 Å². The van der Waals surface area contributed by atoms with E-state index in [0.717, 1.165) is 77.5 Å². The number of anilines is 3. The highest BCUT2D eigenvalue weighted by molar-refractivity contribution is 6.01. The van der Waals surface area contributed by atoms with Crippen LogP contribution < -0.4 is 15.5 Å². The van der Waals surface area contributed by atoms with Gasteiger partial charge in [0.1, 0.15) is 11.6 Å². The number of carbonyl (C=O) groups excluding carboxylic acids is 2. The van der Waals surface area contributed by atoms with Gasteiger partial charge >= 0.3 is 6.03 Å². The molecule has 5 aromatic rings. The Balaban J connectivity index is 1.06. The van der Waals surface area contributed by atoms with Gasteiger partial charge in [0.05, 0.1) is 24.4 Å². The van der Waals surface area contributed by atoms with Crippen LogP contribution in [0.1, 0.15) is 28.2 Å². The third-order valence-corrected chi connectivity index (χ3v) is 9.28. The lowest BCUT2D eigenvalue weighted by Crippen LogP contribution is -2.37. The van der Waals surface area contributed by atoms with E-state index in [1.54, 1.807) is 24.3 Å². The number of aromatic nitrogens is 3. The number of fused-ring (bicyclic) bond motifs is 1. The number of amides is 3. The molecule has 1 atom stereocenters. The molecule has 0 spiro atoms. The fourth-order valence-electron chi connectivity index (χ4n) is 6.53. The topological polar surface area (TPSA) is 129 Å². The van der Waals surface area contributed by atoms with E-state index < -0.39 is 0 Å². The van der Waals surface area contributed by atoms with Crippen molar-refractivity contribution in [3.05, 3.63) is 83.7 Å². The molecule has 2 fully saturated rings. The number of hydrogen-bond acceptors (Lipinski definition) is 9. The molecule has 252 valence electrons. The van der Waals surface area contributed by atoms with Gasteiger partial charge in [-0.05, 0) is 101 Å². The Kier molecular flexibility index (Phi) is 8.98. The average Bonchev–Trinajstić information content (AvgIpc) is 3.75. The van der Waals surface area contributed by atoms with Gasteiger partial charge in [0, 0.05) is 65.7 Å². The standard InChI is InChI=1S/C37H40N8O4/c1-23-33(24(2)49-42-23)27-9-14-31-32(21-27)40-34(41-35(31)44-17-19-48-20-18-44)25-5-10-28(11-6-25)38-37(47)39-29-12-7-26(8-13-29)36(46)45-16-15-30(22-45)43(3)4/h5-14,21,30H,15-20,22H2,1-4H3,(H2,38,39,47)/t30-/m1/s1. The second-order valence-corrected chi connectivity index (χ2v) is 12.8. The van der Waals surface area contributed by atoms with E-state index >= 15 is 0 Å². The summed E-state index contributed by atoms with van der Waals surface area (Å²) >= 11 is 0. The van der Waals surface area contributed by atoms with Gasteiger partial charge in [-0.15, -0.1) is 0 Å². The fraction of sp³-hybridized carbons (Fsp3) is 0.324. The normalized spacial score (nSPS) is 16.4. The first-order valence-corrected chi connectivity index (χ1v) is 16.6. The third kappa shape index (κ3) is 6.83. The minimum atomic E-state index is -0.386. The summed E-state index contributed by atoms with van der Waals surface area (Å²) in [4.78, 5) is 42.1. The van der Waals surface area contributed by atoms with Crippen LogP contribution in [0, 0.1) is 13.8 Å². The van der Waals surface area contributed by atoms with E-state index in [1.807, 2.05) is 57.1 Å². The maximum atomic E-state index is 13.0. The number of likely N-dealkylation sites (tertiary alicyclic amines) is 1. The van der Waals surface area contributed by atoms with Crippen molar-refractivity contribution in [3.63, 3.8) is 0 Å². The smallest absolute Gasteiger partial charge is 0.323 e. The molecule has 3 aromatic carbocycles. The molecule has 4 heterocycles. The Bertz CT molecular complexity index is 1970. The van der Waals surface area contributed by atoms with Gasteiger partial charge in [0.25, 0.3) is 5.91 Å². The summed E-state index contributed by atoms with van der Waals surface area (Å²) < 4.78 is 11.0. The maximum Gasteiger partial charge on any atom is 0.323 e. The molecule has 2 aliphatic rings. The molecule has 0 radical (unpaired) electrons. The zero-order valence-electron chi connectivity index (χ0n) is 28.2. The zero-order chi connectivity index (χ0) is 34.1. The Morgan fingerprint density at radius 2 is 1.53 bits per heavy atom. The number of nitrogens with zero attached hydrogens (tertiary/aromatic N) is 6. The molecular weight excluding hydrogens is 620 g/mol. The molecule has 12 heteroatoms. The van der Waals surface area contributed by atoms with E-state index in [-0.39, 0.29) is 11.9 Å². The lowest BCUT2D eigenvalue weighted by atomic mass is 10.0. The maximum absolute atomic E-state index is 13.0. The van der Waals surface area contributed by atoms with Gasteiger partial charge in [-0.3, -0.25) is 4.79 Å². The van der Waals surface area contributed by atoms with Gasteiger partial charge in [0.2, 0.25) is 0 Å². The molecule has 0 unspecified atom stereocenters. The van der Waals surface area contributed by atoms with Crippen molar-refractivity contribution in [2.75, 3.05) is 69.0 Å². The highest BCUT2D eigenvalue weighted by Crippen LogP contribution is 2.34.